The molecular formula is C24H31N3O3. The Kier molecular flexibility index (Phi) is 7.85. The molecule has 30 heavy (non-hydrogen) atoms. The quantitative estimate of drug-likeness (QED) is 0.339. The van der Waals surface area contributed by atoms with Crippen molar-refractivity contribution >= 4 is 16.9 Å². The number of carbonyl (C=O) groups is 1. The molecule has 0 radical (unpaired) electrons. The van der Waals surface area contributed by atoms with Gasteiger partial charge in [-0.05, 0) is 55.9 Å². The number of rotatable bonds is 11. The summed E-state index contributed by atoms with van der Waals surface area (Å²) in [4.78, 5) is 14.5. The van der Waals surface area contributed by atoms with E-state index < -0.39 is 0 Å². The number of likely N-dealkylation sites (N-methyl/N-ethyl adjacent to an activating group) is 1. The lowest BCUT2D eigenvalue weighted by molar-refractivity contribution is 0.0499. The smallest absolute Gasteiger partial charge is 0.338 e. The van der Waals surface area contributed by atoms with Gasteiger partial charge in [0.25, 0.3) is 0 Å². The number of benzene rings is 2. The monoisotopic (exact) mass is 409 g/mol. The van der Waals surface area contributed by atoms with Gasteiger partial charge in [0.2, 0.25) is 5.88 Å². The fourth-order valence-electron chi connectivity index (χ4n) is 3.28. The molecule has 0 aliphatic carbocycles. The number of carbonyl (C=O) groups excluding carboxylic acids is 1. The molecule has 6 heteroatoms. The number of hydrogen-bond donors (Lipinski definition) is 0. The number of unbranched alkanes of at least 4 members (excludes halogenated alkanes) is 1. The molecule has 0 aliphatic rings. The van der Waals surface area contributed by atoms with Crippen LogP contribution in [0.4, 0.5) is 0 Å². The summed E-state index contributed by atoms with van der Waals surface area (Å²) in [6.45, 7) is 10.3. The largest absolute Gasteiger partial charge is 0.475 e. The highest BCUT2D eigenvalue weighted by molar-refractivity contribution is 5.90. The maximum absolute atomic E-state index is 12.1. The minimum absolute atomic E-state index is 0.291. The predicted molar refractivity (Wildman–Crippen MR) is 120 cm³/mol. The van der Waals surface area contributed by atoms with Crippen LogP contribution in [-0.4, -0.2) is 53.5 Å². The first-order valence-electron chi connectivity index (χ1n) is 10.8. The summed E-state index contributed by atoms with van der Waals surface area (Å²) in [6, 6.07) is 15.3. The second-order valence-corrected chi connectivity index (χ2v) is 7.15. The summed E-state index contributed by atoms with van der Waals surface area (Å²) in [6.07, 6.45) is 1.87. The van der Waals surface area contributed by atoms with Crippen LogP contribution in [0.15, 0.2) is 48.5 Å². The van der Waals surface area contributed by atoms with Crippen molar-refractivity contribution in [1.29, 1.82) is 0 Å². The van der Waals surface area contributed by atoms with E-state index in [1.54, 1.807) is 12.1 Å². The van der Waals surface area contributed by atoms with E-state index in [0.717, 1.165) is 49.1 Å². The molecule has 0 amide bonds. The second kappa shape index (κ2) is 10.8. The van der Waals surface area contributed by atoms with Crippen molar-refractivity contribution in [3.05, 3.63) is 54.1 Å². The minimum Gasteiger partial charge on any atom is -0.475 e. The normalized spacial score (nSPS) is 11.2. The van der Waals surface area contributed by atoms with Gasteiger partial charge in [0.15, 0.2) is 0 Å². The topological polar surface area (TPSA) is 56.6 Å². The van der Waals surface area contributed by atoms with E-state index in [1.165, 1.54) is 0 Å². The summed E-state index contributed by atoms with van der Waals surface area (Å²) in [5.41, 5.74) is 2.38. The van der Waals surface area contributed by atoms with E-state index in [0.29, 0.717) is 24.7 Å². The number of fused-ring (bicyclic) bond motifs is 1. The van der Waals surface area contributed by atoms with Crippen molar-refractivity contribution < 1.29 is 14.3 Å². The van der Waals surface area contributed by atoms with Crippen LogP contribution in [0, 0.1) is 0 Å². The van der Waals surface area contributed by atoms with Crippen molar-refractivity contribution in [1.82, 2.24) is 14.7 Å². The van der Waals surface area contributed by atoms with Crippen LogP contribution in [0.25, 0.3) is 16.6 Å². The second-order valence-electron chi connectivity index (χ2n) is 7.15. The van der Waals surface area contributed by atoms with Gasteiger partial charge in [0.1, 0.15) is 6.61 Å². The highest BCUT2D eigenvalue weighted by Crippen LogP contribution is 2.27. The lowest BCUT2D eigenvalue weighted by atomic mass is 10.2. The fraction of sp³-hybridized carbons (Fsp3) is 0.417. The molecule has 0 aliphatic heterocycles. The highest BCUT2D eigenvalue weighted by atomic mass is 16.5. The number of hydrogen-bond acceptors (Lipinski definition) is 5. The van der Waals surface area contributed by atoms with Crippen LogP contribution in [0.1, 0.15) is 44.0 Å². The standard InChI is InChI=1S/C24H31N3O3/c1-4-7-17-30-24(28)19-12-14-20(15-13-19)27-22-11-9-8-10-21(22)23(25-27)29-18-16-26(5-2)6-3/h8-15H,4-7,16-18H2,1-3H3. The van der Waals surface area contributed by atoms with Crippen molar-refractivity contribution in [3.8, 4) is 11.6 Å². The molecule has 6 nitrogen and oxygen atoms in total. The molecule has 0 saturated heterocycles. The van der Waals surface area contributed by atoms with Crippen molar-refractivity contribution in [2.75, 3.05) is 32.8 Å². The van der Waals surface area contributed by atoms with Crippen LogP contribution in [0.5, 0.6) is 5.88 Å². The van der Waals surface area contributed by atoms with E-state index in [-0.39, 0.29) is 5.97 Å². The minimum atomic E-state index is -0.291. The average molecular weight is 410 g/mol. The van der Waals surface area contributed by atoms with Crippen LogP contribution in [-0.2, 0) is 4.74 Å². The van der Waals surface area contributed by atoms with Gasteiger partial charge in [-0.3, -0.25) is 0 Å². The Morgan fingerprint density at radius 1 is 1.00 bits per heavy atom. The van der Waals surface area contributed by atoms with E-state index in [1.807, 2.05) is 41.1 Å². The maximum atomic E-state index is 12.1. The summed E-state index contributed by atoms with van der Waals surface area (Å²) < 4.78 is 13.2. The molecule has 0 unspecified atom stereocenters. The zero-order valence-electron chi connectivity index (χ0n) is 18.1. The van der Waals surface area contributed by atoms with E-state index in [2.05, 4.69) is 25.7 Å². The van der Waals surface area contributed by atoms with E-state index in [9.17, 15) is 4.79 Å². The molecule has 0 fully saturated rings. The first-order valence-corrected chi connectivity index (χ1v) is 10.8. The summed E-state index contributed by atoms with van der Waals surface area (Å²) in [5.74, 6) is 0.335. The predicted octanol–water partition coefficient (Wildman–Crippen LogP) is 4.70. The molecule has 3 rings (SSSR count). The molecule has 1 aromatic heterocycles. The number of para-hydroxylation sites is 1. The van der Waals surface area contributed by atoms with Crippen molar-refractivity contribution in [2.45, 2.75) is 33.6 Å². The summed E-state index contributed by atoms with van der Waals surface area (Å²) >= 11 is 0. The van der Waals surface area contributed by atoms with Gasteiger partial charge in [0, 0.05) is 6.54 Å². The van der Waals surface area contributed by atoms with Gasteiger partial charge in [-0.25, -0.2) is 9.48 Å². The van der Waals surface area contributed by atoms with Crippen LogP contribution in [0.3, 0.4) is 0 Å². The summed E-state index contributed by atoms with van der Waals surface area (Å²) in [7, 11) is 0. The third-order valence-corrected chi connectivity index (χ3v) is 5.17. The molecule has 0 atom stereocenters. The Labute approximate surface area is 178 Å². The number of ether oxygens (including phenoxy) is 2. The number of nitrogens with zero attached hydrogens (tertiary/aromatic N) is 3. The zero-order valence-corrected chi connectivity index (χ0v) is 18.1. The maximum Gasteiger partial charge on any atom is 0.338 e. The summed E-state index contributed by atoms with van der Waals surface area (Å²) in [5, 5.41) is 5.68. The molecule has 3 aromatic rings. The molecule has 2 aromatic carbocycles. The Bertz CT molecular complexity index is 946. The van der Waals surface area contributed by atoms with E-state index in [4.69, 9.17) is 14.6 Å². The molecule has 1 heterocycles. The van der Waals surface area contributed by atoms with Gasteiger partial charge in [-0.15, -0.1) is 5.10 Å². The Morgan fingerprint density at radius 3 is 2.43 bits per heavy atom. The lowest BCUT2D eigenvalue weighted by Gasteiger charge is -2.17. The van der Waals surface area contributed by atoms with Crippen LogP contribution < -0.4 is 4.74 Å². The SMILES string of the molecule is CCCCOC(=O)c1ccc(-n2nc(OCCN(CC)CC)c3ccccc32)cc1. The molecule has 0 N–H and O–H groups in total. The molecule has 0 saturated carbocycles. The molecule has 160 valence electrons. The average Bonchev–Trinajstić information content (AvgIpc) is 3.16. The van der Waals surface area contributed by atoms with Crippen LogP contribution >= 0.6 is 0 Å². The van der Waals surface area contributed by atoms with Crippen molar-refractivity contribution in [2.24, 2.45) is 0 Å². The zero-order chi connectivity index (χ0) is 21.3. The van der Waals surface area contributed by atoms with Gasteiger partial charge in [0.05, 0.1) is 28.8 Å². The Hall–Kier alpha value is -2.86. The number of aromatic nitrogens is 2. The highest BCUT2D eigenvalue weighted by Gasteiger charge is 2.14. The fourth-order valence-corrected chi connectivity index (χ4v) is 3.28. The van der Waals surface area contributed by atoms with Gasteiger partial charge in [-0.2, -0.15) is 0 Å². The van der Waals surface area contributed by atoms with Gasteiger partial charge in [-0.1, -0.05) is 39.3 Å². The Morgan fingerprint density at radius 2 is 1.73 bits per heavy atom. The van der Waals surface area contributed by atoms with Gasteiger partial charge < -0.3 is 14.4 Å². The molecular weight excluding hydrogens is 378 g/mol. The first-order chi connectivity index (χ1) is 14.7. The van der Waals surface area contributed by atoms with Gasteiger partial charge >= 0.3 is 5.97 Å². The van der Waals surface area contributed by atoms with Crippen LogP contribution in [0.2, 0.25) is 0 Å². The number of esters is 1. The molecule has 0 spiro atoms. The Balaban J connectivity index is 1.78. The third-order valence-electron chi connectivity index (χ3n) is 5.17. The lowest BCUT2D eigenvalue weighted by Crippen LogP contribution is -2.28. The van der Waals surface area contributed by atoms with E-state index >= 15 is 0 Å². The van der Waals surface area contributed by atoms with Crippen molar-refractivity contribution in [3.63, 3.8) is 0 Å². The third kappa shape index (κ3) is 5.19. The molecule has 0 bridgehead atoms. The first kappa shape index (κ1) is 21.8.